The number of hydrogen-bond acceptors (Lipinski definition) is 5. The smallest absolute Gasteiger partial charge is 0.272 e. The van der Waals surface area contributed by atoms with Crippen LogP contribution in [0.2, 0.25) is 0 Å². The van der Waals surface area contributed by atoms with Gasteiger partial charge in [0.15, 0.2) is 0 Å². The topological polar surface area (TPSA) is 71.0 Å². The van der Waals surface area contributed by atoms with E-state index in [0.717, 1.165) is 23.2 Å². The van der Waals surface area contributed by atoms with Crippen molar-refractivity contribution in [3.8, 4) is 0 Å². The molecule has 0 unspecified atom stereocenters. The first kappa shape index (κ1) is 20.4. The molecule has 0 saturated heterocycles. The van der Waals surface area contributed by atoms with Gasteiger partial charge in [-0.25, -0.2) is 14.4 Å². The highest BCUT2D eigenvalue weighted by molar-refractivity contribution is 5.92. The van der Waals surface area contributed by atoms with Crippen LogP contribution in [0.15, 0.2) is 54.9 Å². The Morgan fingerprint density at radius 3 is 2.45 bits per heavy atom. The number of benzene rings is 1. The maximum Gasteiger partial charge on any atom is 0.272 e. The van der Waals surface area contributed by atoms with Crippen LogP contribution in [0.25, 0.3) is 0 Å². The lowest BCUT2D eigenvalue weighted by atomic mass is 10.1. The summed E-state index contributed by atoms with van der Waals surface area (Å²) in [5.74, 6) is 0.0177. The Labute approximate surface area is 169 Å². The van der Waals surface area contributed by atoms with E-state index in [0.29, 0.717) is 31.2 Å². The largest absolute Gasteiger partial charge is 0.354 e. The molecule has 0 aliphatic heterocycles. The van der Waals surface area contributed by atoms with Gasteiger partial charge in [0, 0.05) is 38.2 Å². The monoisotopic (exact) mass is 393 g/mol. The molecule has 0 aliphatic rings. The fourth-order valence-corrected chi connectivity index (χ4v) is 2.87. The molecular weight excluding hydrogens is 369 g/mol. The van der Waals surface area contributed by atoms with Crippen molar-refractivity contribution in [1.29, 1.82) is 0 Å². The summed E-state index contributed by atoms with van der Waals surface area (Å²) in [7, 11) is 1.77. The third kappa shape index (κ3) is 6.07. The van der Waals surface area contributed by atoms with Gasteiger partial charge in [-0.05, 0) is 61.2 Å². The summed E-state index contributed by atoms with van der Waals surface area (Å²) in [4.78, 5) is 27.1. The van der Waals surface area contributed by atoms with Crippen LogP contribution in [0, 0.1) is 12.7 Å². The van der Waals surface area contributed by atoms with E-state index in [9.17, 15) is 9.18 Å². The molecule has 150 valence electrons. The van der Waals surface area contributed by atoms with Crippen LogP contribution in [-0.2, 0) is 12.8 Å². The normalized spacial score (nSPS) is 10.6. The lowest BCUT2D eigenvalue weighted by Crippen LogP contribution is -2.30. The number of hydrogen-bond donors (Lipinski definition) is 1. The molecule has 0 radical (unpaired) electrons. The number of anilines is 1. The van der Waals surface area contributed by atoms with Crippen LogP contribution in [0.1, 0.15) is 27.3 Å². The minimum absolute atomic E-state index is 0.147. The molecule has 3 rings (SSSR count). The number of carbonyl (C=O) groups is 1. The Hall–Kier alpha value is -3.35. The van der Waals surface area contributed by atoms with Crippen molar-refractivity contribution in [2.24, 2.45) is 0 Å². The Kier molecular flexibility index (Phi) is 6.84. The summed E-state index contributed by atoms with van der Waals surface area (Å²) in [6.45, 7) is 3.00. The van der Waals surface area contributed by atoms with Crippen molar-refractivity contribution >= 4 is 11.9 Å². The zero-order valence-electron chi connectivity index (χ0n) is 16.6. The lowest BCUT2D eigenvalue weighted by Gasteiger charge is -2.17. The van der Waals surface area contributed by atoms with Gasteiger partial charge < -0.3 is 10.2 Å². The number of nitrogens with one attached hydrogen (secondary N) is 1. The average Bonchev–Trinajstić information content (AvgIpc) is 2.73. The number of amides is 1. The molecule has 0 fully saturated rings. The molecule has 1 N–H and O–H groups in total. The first-order chi connectivity index (χ1) is 14.0. The number of rotatable bonds is 8. The van der Waals surface area contributed by atoms with Crippen molar-refractivity contribution in [3.63, 3.8) is 0 Å². The molecule has 0 spiro atoms. The van der Waals surface area contributed by atoms with Crippen LogP contribution in [0.3, 0.4) is 0 Å². The zero-order chi connectivity index (χ0) is 20.6. The van der Waals surface area contributed by atoms with Gasteiger partial charge in [-0.2, -0.15) is 0 Å². The van der Waals surface area contributed by atoms with E-state index in [1.54, 1.807) is 42.5 Å². The summed E-state index contributed by atoms with van der Waals surface area (Å²) in [5.41, 5.74) is 3.22. The number of likely N-dealkylation sites (N-methyl/N-ethyl adjacent to an activating group) is 1. The highest BCUT2D eigenvalue weighted by Crippen LogP contribution is 2.09. The van der Waals surface area contributed by atoms with E-state index in [1.807, 2.05) is 19.1 Å². The molecule has 1 amide bonds. The number of halogens is 1. The highest BCUT2D eigenvalue weighted by atomic mass is 19.1. The van der Waals surface area contributed by atoms with Crippen LogP contribution in [0.4, 0.5) is 10.3 Å². The Balaban J connectivity index is 1.58. The molecule has 1 aromatic carbocycles. The fraction of sp³-hybridized carbons (Fsp3) is 0.273. The summed E-state index contributed by atoms with van der Waals surface area (Å²) in [6.07, 6.45) is 4.94. The van der Waals surface area contributed by atoms with Crippen molar-refractivity contribution in [2.75, 3.05) is 25.5 Å². The van der Waals surface area contributed by atoms with Gasteiger partial charge in [-0.3, -0.25) is 9.78 Å². The van der Waals surface area contributed by atoms with E-state index in [1.165, 1.54) is 12.1 Å². The van der Waals surface area contributed by atoms with Gasteiger partial charge >= 0.3 is 0 Å². The third-order valence-corrected chi connectivity index (χ3v) is 4.52. The minimum Gasteiger partial charge on any atom is -0.354 e. The maximum atomic E-state index is 13.0. The highest BCUT2D eigenvalue weighted by Gasteiger charge is 2.15. The molecule has 29 heavy (non-hydrogen) atoms. The van der Waals surface area contributed by atoms with Crippen LogP contribution < -0.4 is 5.32 Å². The van der Waals surface area contributed by atoms with Gasteiger partial charge in [0.2, 0.25) is 5.95 Å². The second-order valence-corrected chi connectivity index (χ2v) is 6.85. The van der Waals surface area contributed by atoms with Gasteiger partial charge in [-0.15, -0.1) is 0 Å². The molecule has 0 bridgehead atoms. The van der Waals surface area contributed by atoms with Crippen LogP contribution >= 0.6 is 0 Å². The molecule has 7 heteroatoms. The van der Waals surface area contributed by atoms with E-state index in [2.05, 4.69) is 20.3 Å². The van der Waals surface area contributed by atoms with Crippen molar-refractivity contribution in [3.05, 3.63) is 83.2 Å². The summed E-state index contributed by atoms with van der Waals surface area (Å²) >= 11 is 0. The first-order valence-corrected chi connectivity index (χ1v) is 9.49. The van der Waals surface area contributed by atoms with Gasteiger partial charge in [0.25, 0.3) is 5.91 Å². The first-order valence-electron chi connectivity index (χ1n) is 9.49. The van der Waals surface area contributed by atoms with Crippen molar-refractivity contribution in [1.82, 2.24) is 19.9 Å². The minimum atomic E-state index is -0.250. The van der Waals surface area contributed by atoms with Crippen LogP contribution in [0.5, 0.6) is 0 Å². The average molecular weight is 393 g/mol. The predicted molar refractivity (Wildman–Crippen MR) is 110 cm³/mol. The van der Waals surface area contributed by atoms with E-state index in [4.69, 9.17) is 0 Å². The number of aryl methyl sites for hydroxylation is 1. The standard InChI is InChI=1S/C22H24FN5O/c1-16-15-20(21(29)28(2)14-10-18-7-11-24-12-8-18)27-22(26-16)25-13-9-17-3-5-19(23)6-4-17/h3-8,11-12,15H,9-10,13-14H2,1-2H3,(H,25,26,27). The Morgan fingerprint density at radius 2 is 1.72 bits per heavy atom. The molecule has 2 heterocycles. The molecular formula is C22H24FN5O. The summed E-state index contributed by atoms with van der Waals surface area (Å²) in [5, 5.41) is 3.15. The molecule has 3 aromatic rings. The second-order valence-electron chi connectivity index (χ2n) is 6.85. The maximum absolute atomic E-state index is 13.0. The molecule has 0 atom stereocenters. The quantitative estimate of drug-likeness (QED) is 0.636. The zero-order valence-corrected chi connectivity index (χ0v) is 16.6. The third-order valence-electron chi connectivity index (χ3n) is 4.52. The Morgan fingerprint density at radius 1 is 1.03 bits per heavy atom. The second kappa shape index (κ2) is 9.73. The van der Waals surface area contributed by atoms with Crippen molar-refractivity contribution in [2.45, 2.75) is 19.8 Å². The van der Waals surface area contributed by atoms with Crippen molar-refractivity contribution < 1.29 is 9.18 Å². The number of aromatic nitrogens is 3. The number of carbonyl (C=O) groups excluding carboxylic acids is 1. The fourth-order valence-electron chi connectivity index (χ4n) is 2.87. The van der Waals surface area contributed by atoms with Crippen LogP contribution in [-0.4, -0.2) is 45.9 Å². The summed E-state index contributed by atoms with van der Waals surface area (Å²) in [6, 6.07) is 12.0. The predicted octanol–water partition coefficient (Wildman–Crippen LogP) is 3.29. The Bertz CT molecular complexity index is 947. The van der Waals surface area contributed by atoms with Gasteiger partial charge in [-0.1, -0.05) is 12.1 Å². The molecule has 6 nitrogen and oxygen atoms in total. The molecule has 0 aliphatic carbocycles. The van der Waals surface area contributed by atoms with E-state index < -0.39 is 0 Å². The molecule has 0 saturated carbocycles. The van der Waals surface area contributed by atoms with E-state index in [-0.39, 0.29) is 11.7 Å². The summed E-state index contributed by atoms with van der Waals surface area (Å²) < 4.78 is 13.0. The lowest BCUT2D eigenvalue weighted by molar-refractivity contribution is 0.0790. The number of pyridine rings is 1. The van der Waals surface area contributed by atoms with E-state index >= 15 is 0 Å². The van der Waals surface area contributed by atoms with Gasteiger partial charge in [0.05, 0.1) is 0 Å². The van der Waals surface area contributed by atoms with Gasteiger partial charge in [0.1, 0.15) is 11.5 Å². The molecule has 2 aromatic heterocycles. The number of nitrogens with zero attached hydrogens (tertiary/aromatic N) is 4. The SMILES string of the molecule is Cc1cc(C(=O)N(C)CCc2ccncc2)nc(NCCc2ccc(F)cc2)n1.